The quantitative estimate of drug-likeness (QED) is 0.747. The lowest BCUT2D eigenvalue weighted by Crippen LogP contribution is -2.21. The fourth-order valence-corrected chi connectivity index (χ4v) is 3.03. The third-order valence-electron chi connectivity index (χ3n) is 4.10. The third kappa shape index (κ3) is 2.11. The zero-order chi connectivity index (χ0) is 15.8. The maximum Gasteiger partial charge on any atom is 0.205 e. The number of rotatable bonds is 1. The van der Waals surface area contributed by atoms with Crippen molar-refractivity contribution in [1.29, 1.82) is 5.26 Å². The molecule has 110 valence electrons. The van der Waals surface area contributed by atoms with Crippen molar-refractivity contribution in [3.8, 4) is 11.8 Å². The van der Waals surface area contributed by atoms with E-state index in [1.54, 1.807) is 12.4 Å². The molecular formula is C19H13N3O. The summed E-state index contributed by atoms with van der Waals surface area (Å²) in [4.78, 5) is 4.18. The highest BCUT2D eigenvalue weighted by Gasteiger charge is 2.30. The largest absolute Gasteiger partial charge is 0.440 e. The number of nitriles is 1. The van der Waals surface area contributed by atoms with Crippen LogP contribution in [0.15, 0.2) is 72.4 Å². The zero-order valence-corrected chi connectivity index (χ0v) is 12.2. The highest BCUT2D eigenvalue weighted by Crippen LogP contribution is 2.43. The van der Waals surface area contributed by atoms with Crippen LogP contribution in [0, 0.1) is 11.3 Å². The topological polar surface area (TPSA) is 71.9 Å². The molecule has 3 aromatic rings. The first kappa shape index (κ1) is 13.4. The number of hydrogen-bond donors (Lipinski definition) is 1. The van der Waals surface area contributed by atoms with E-state index < -0.39 is 0 Å². The molecule has 0 aliphatic carbocycles. The summed E-state index contributed by atoms with van der Waals surface area (Å²) in [6.07, 6.45) is 3.48. The average molecular weight is 299 g/mol. The van der Waals surface area contributed by atoms with E-state index in [-0.39, 0.29) is 11.8 Å². The summed E-state index contributed by atoms with van der Waals surface area (Å²) in [6, 6.07) is 18.1. The Morgan fingerprint density at radius 3 is 2.57 bits per heavy atom. The van der Waals surface area contributed by atoms with E-state index in [2.05, 4.69) is 17.1 Å². The van der Waals surface area contributed by atoms with Crippen LogP contribution in [0.2, 0.25) is 0 Å². The van der Waals surface area contributed by atoms with Gasteiger partial charge in [0.1, 0.15) is 17.4 Å². The van der Waals surface area contributed by atoms with Crippen LogP contribution in [0.5, 0.6) is 5.75 Å². The molecule has 0 fully saturated rings. The molecule has 0 radical (unpaired) electrons. The standard InChI is InChI=1S/C19H13N3O/c20-10-16-18(14-6-3-7-22-11-14)15-8-12-4-1-2-5-13(12)9-17(15)23-19(16)21/h1-9,11,18H,21H2/t18-/m1/s1. The Hall–Kier alpha value is -3.32. The van der Waals surface area contributed by atoms with Gasteiger partial charge in [-0.2, -0.15) is 5.26 Å². The van der Waals surface area contributed by atoms with Gasteiger partial charge in [0.25, 0.3) is 0 Å². The number of benzene rings is 2. The van der Waals surface area contributed by atoms with E-state index >= 15 is 0 Å². The van der Waals surface area contributed by atoms with E-state index in [4.69, 9.17) is 10.5 Å². The number of nitrogens with two attached hydrogens (primary N) is 1. The molecule has 0 unspecified atom stereocenters. The van der Waals surface area contributed by atoms with Gasteiger partial charge in [-0.1, -0.05) is 30.3 Å². The minimum atomic E-state index is -0.262. The van der Waals surface area contributed by atoms with Gasteiger partial charge in [0, 0.05) is 18.0 Å². The van der Waals surface area contributed by atoms with Crippen molar-refractivity contribution >= 4 is 10.8 Å². The van der Waals surface area contributed by atoms with Crippen LogP contribution >= 0.6 is 0 Å². The average Bonchev–Trinajstić information content (AvgIpc) is 2.59. The molecule has 2 aromatic carbocycles. The molecule has 1 aromatic heterocycles. The predicted octanol–water partition coefficient (Wildman–Crippen LogP) is 3.45. The fraction of sp³-hybridized carbons (Fsp3) is 0.0526. The summed E-state index contributed by atoms with van der Waals surface area (Å²) in [5.74, 6) is 0.584. The van der Waals surface area contributed by atoms with Gasteiger partial charge in [-0.3, -0.25) is 4.98 Å². The Morgan fingerprint density at radius 2 is 1.87 bits per heavy atom. The summed E-state index contributed by atoms with van der Waals surface area (Å²) in [7, 11) is 0. The smallest absolute Gasteiger partial charge is 0.205 e. The van der Waals surface area contributed by atoms with Crippen LogP contribution in [0.25, 0.3) is 10.8 Å². The van der Waals surface area contributed by atoms with E-state index in [0.717, 1.165) is 21.9 Å². The first-order valence-corrected chi connectivity index (χ1v) is 7.28. The second-order valence-corrected chi connectivity index (χ2v) is 5.45. The Balaban J connectivity index is 2.00. The van der Waals surface area contributed by atoms with E-state index in [9.17, 15) is 5.26 Å². The van der Waals surface area contributed by atoms with Crippen LogP contribution in [0.3, 0.4) is 0 Å². The van der Waals surface area contributed by atoms with Crippen LogP contribution in [-0.4, -0.2) is 4.98 Å². The maximum atomic E-state index is 9.54. The first-order chi connectivity index (χ1) is 11.3. The molecule has 1 aliphatic heterocycles. The lowest BCUT2D eigenvalue weighted by Gasteiger charge is -2.26. The molecule has 2 heterocycles. The lowest BCUT2D eigenvalue weighted by atomic mass is 9.83. The molecule has 0 spiro atoms. The van der Waals surface area contributed by atoms with Crippen molar-refractivity contribution in [2.45, 2.75) is 5.92 Å². The molecule has 0 saturated carbocycles. The van der Waals surface area contributed by atoms with Crippen molar-refractivity contribution < 1.29 is 4.74 Å². The zero-order valence-electron chi connectivity index (χ0n) is 12.2. The summed E-state index contributed by atoms with van der Waals surface area (Å²) >= 11 is 0. The number of nitrogens with zero attached hydrogens (tertiary/aromatic N) is 2. The Labute approximate surface area is 133 Å². The second-order valence-electron chi connectivity index (χ2n) is 5.45. The number of ether oxygens (including phenoxy) is 1. The van der Waals surface area contributed by atoms with Crippen molar-refractivity contribution in [2.75, 3.05) is 0 Å². The van der Waals surface area contributed by atoms with Crippen molar-refractivity contribution in [3.05, 3.63) is 83.5 Å². The highest BCUT2D eigenvalue weighted by atomic mass is 16.5. The number of fused-ring (bicyclic) bond motifs is 2. The van der Waals surface area contributed by atoms with Crippen molar-refractivity contribution in [1.82, 2.24) is 4.98 Å². The third-order valence-corrected chi connectivity index (χ3v) is 4.10. The van der Waals surface area contributed by atoms with Crippen molar-refractivity contribution in [3.63, 3.8) is 0 Å². The number of aromatic nitrogens is 1. The summed E-state index contributed by atoms with van der Waals surface area (Å²) < 4.78 is 5.71. The highest BCUT2D eigenvalue weighted by molar-refractivity contribution is 5.86. The van der Waals surface area contributed by atoms with Gasteiger partial charge < -0.3 is 10.5 Å². The molecule has 1 atom stereocenters. The van der Waals surface area contributed by atoms with Gasteiger partial charge in [-0.25, -0.2) is 0 Å². The van der Waals surface area contributed by atoms with Gasteiger partial charge in [-0.05, 0) is 34.5 Å². The normalized spacial score (nSPS) is 16.6. The second kappa shape index (κ2) is 5.15. The summed E-state index contributed by atoms with van der Waals surface area (Å²) in [6.45, 7) is 0. The minimum Gasteiger partial charge on any atom is -0.440 e. The van der Waals surface area contributed by atoms with Gasteiger partial charge in [0.2, 0.25) is 5.88 Å². The lowest BCUT2D eigenvalue weighted by molar-refractivity contribution is 0.394. The molecule has 4 rings (SSSR count). The van der Waals surface area contributed by atoms with Crippen LogP contribution in [-0.2, 0) is 0 Å². The molecular weight excluding hydrogens is 286 g/mol. The Kier molecular flexibility index (Phi) is 2.99. The fourth-order valence-electron chi connectivity index (χ4n) is 3.03. The van der Waals surface area contributed by atoms with Crippen LogP contribution in [0.1, 0.15) is 17.0 Å². The Bertz CT molecular complexity index is 971. The van der Waals surface area contributed by atoms with Gasteiger partial charge in [-0.15, -0.1) is 0 Å². The molecule has 1 aliphatic rings. The van der Waals surface area contributed by atoms with E-state index in [1.165, 1.54) is 0 Å². The summed E-state index contributed by atoms with van der Waals surface area (Å²) in [5, 5.41) is 11.7. The van der Waals surface area contributed by atoms with Gasteiger partial charge in [0.05, 0.1) is 5.92 Å². The van der Waals surface area contributed by atoms with Crippen LogP contribution in [0.4, 0.5) is 0 Å². The molecule has 0 saturated heterocycles. The number of hydrogen-bond acceptors (Lipinski definition) is 4. The van der Waals surface area contributed by atoms with Gasteiger partial charge >= 0.3 is 0 Å². The minimum absolute atomic E-state index is 0.157. The van der Waals surface area contributed by atoms with E-state index in [1.807, 2.05) is 42.5 Å². The first-order valence-electron chi connectivity index (χ1n) is 7.28. The SMILES string of the molecule is N#CC1=C(N)Oc2cc3ccccc3cc2[C@H]1c1cccnc1. The predicted molar refractivity (Wildman–Crippen MR) is 87.5 cm³/mol. The molecule has 4 nitrogen and oxygen atoms in total. The Morgan fingerprint density at radius 1 is 1.09 bits per heavy atom. The molecule has 23 heavy (non-hydrogen) atoms. The van der Waals surface area contributed by atoms with Crippen molar-refractivity contribution in [2.24, 2.45) is 5.73 Å². The van der Waals surface area contributed by atoms with E-state index in [0.29, 0.717) is 11.3 Å². The molecule has 4 heteroatoms. The summed E-state index contributed by atoms with van der Waals surface area (Å²) in [5.41, 5.74) is 8.26. The number of pyridine rings is 1. The molecule has 0 bridgehead atoms. The maximum absolute atomic E-state index is 9.54. The monoisotopic (exact) mass is 299 g/mol. The molecule has 2 N–H and O–H groups in total. The van der Waals surface area contributed by atoms with Crippen LogP contribution < -0.4 is 10.5 Å². The van der Waals surface area contributed by atoms with Gasteiger partial charge in [0.15, 0.2) is 0 Å². The number of allylic oxidation sites excluding steroid dienone is 1. The molecule has 0 amide bonds.